The van der Waals surface area contributed by atoms with Gasteiger partial charge in [-0.3, -0.25) is 9.78 Å². The van der Waals surface area contributed by atoms with Crippen LogP contribution in [0.4, 0.5) is 18.9 Å². The zero-order valence-corrected chi connectivity index (χ0v) is 14.8. The first-order valence-corrected chi connectivity index (χ1v) is 9.20. The second-order valence-corrected chi connectivity index (χ2v) is 7.57. The van der Waals surface area contributed by atoms with Crippen LogP contribution in [0.5, 0.6) is 0 Å². The molecule has 0 saturated carbocycles. The Balaban J connectivity index is 2.46. The Morgan fingerprint density at radius 2 is 1.96 bits per heavy atom. The van der Waals surface area contributed by atoms with E-state index in [1.165, 1.54) is 32.3 Å². The van der Waals surface area contributed by atoms with Crippen LogP contribution in [0.25, 0.3) is 0 Å². The summed E-state index contributed by atoms with van der Waals surface area (Å²) in [5.41, 5.74) is -1.14. The molecule has 2 heterocycles. The second-order valence-electron chi connectivity index (χ2n) is 5.33. The minimum atomic E-state index is -4.66. The molecule has 0 fully saturated rings. The van der Waals surface area contributed by atoms with Gasteiger partial charge in [-0.25, -0.2) is 13.4 Å². The normalized spacial score (nSPS) is 12.0. The summed E-state index contributed by atoms with van der Waals surface area (Å²) in [4.78, 5) is 19.5. The highest BCUT2D eigenvalue weighted by atomic mass is 32.2. The molecule has 0 atom stereocenters. The van der Waals surface area contributed by atoms with Crippen molar-refractivity contribution in [2.75, 3.05) is 18.1 Å². The summed E-state index contributed by atoms with van der Waals surface area (Å²) in [6, 6.07) is 3.40. The number of ketones is 1. The molecule has 0 aliphatic rings. The van der Waals surface area contributed by atoms with Crippen LogP contribution in [0.2, 0.25) is 0 Å². The molecule has 2 rings (SSSR count). The van der Waals surface area contributed by atoms with E-state index in [1.807, 2.05) is 0 Å². The number of anilines is 1. The monoisotopic (exact) mass is 387 g/mol. The van der Waals surface area contributed by atoms with Gasteiger partial charge >= 0.3 is 6.18 Å². The van der Waals surface area contributed by atoms with Crippen molar-refractivity contribution in [1.29, 1.82) is 0 Å². The zero-order valence-electron chi connectivity index (χ0n) is 14.0. The third-order valence-electron chi connectivity index (χ3n) is 3.65. The maximum atomic E-state index is 12.9. The van der Waals surface area contributed by atoms with Gasteiger partial charge in [0, 0.05) is 19.7 Å². The number of carbonyl (C=O) groups excluding carboxylic acids is 1. The standard InChI is InChI=1S/C16H16F3N3O3S/c1-3-26(24,25)13-5-4-6-21-15(13)12(23)7-10-8-14(16(17,18)19)22-9-11(10)20-2/h4-6,8-9,20H,3,7H2,1-2H3. The topological polar surface area (TPSA) is 89.0 Å². The van der Waals surface area contributed by atoms with Crippen LogP contribution in [-0.2, 0) is 22.4 Å². The van der Waals surface area contributed by atoms with Crippen LogP contribution in [0.15, 0.2) is 35.5 Å². The molecule has 0 amide bonds. The van der Waals surface area contributed by atoms with Gasteiger partial charge in [-0.15, -0.1) is 0 Å². The van der Waals surface area contributed by atoms with Crippen molar-refractivity contribution < 1.29 is 26.4 Å². The lowest BCUT2D eigenvalue weighted by molar-refractivity contribution is -0.141. The first kappa shape index (κ1) is 19.8. The van der Waals surface area contributed by atoms with Crippen LogP contribution in [-0.4, -0.2) is 37.0 Å². The predicted octanol–water partition coefficient (Wildman–Crippen LogP) is 2.76. The number of nitrogens with one attached hydrogen (secondary N) is 1. The molecule has 2 aromatic rings. The van der Waals surface area contributed by atoms with Crippen LogP contribution < -0.4 is 5.32 Å². The number of halogens is 3. The fraction of sp³-hybridized carbons (Fsp3) is 0.312. The molecule has 1 N–H and O–H groups in total. The van der Waals surface area contributed by atoms with Crippen molar-refractivity contribution in [2.45, 2.75) is 24.4 Å². The van der Waals surface area contributed by atoms with Gasteiger partial charge in [0.1, 0.15) is 11.4 Å². The van der Waals surface area contributed by atoms with Gasteiger partial charge in [-0.1, -0.05) is 6.92 Å². The Bertz CT molecular complexity index is 928. The number of nitrogens with zero attached hydrogens (tertiary/aromatic N) is 2. The van der Waals surface area contributed by atoms with E-state index in [4.69, 9.17) is 0 Å². The molecule has 0 aliphatic carbocycles. The lowest BCUT2D eigenvalue weighted by Gasteiger charge is -2.13. The smallest absolute Gasteiger partial charge is 0.387 e. The molecule has 26 heavy (non-hydrogen) atoms. The largest absolute Gasteiger partial charge is 0.433 e. The van der Waals surface area contributed by atoms with Crippen molar-refractivity contribution in [3.63, 3.8) is 0 Å². The van der Waals surface area contributed by atoms with Gasteiger partial charge in [-0.2, -0.15) is 13.2 Å². The number of hydrogen-bond acceptors (Lipinski definition) is 6. The van der Waals surface area contributed by atoms with Crippen LogP contribution in [0.3, 0.4) is 0 Å². The quantitative estimate of drug-likeness (QED) is 0.767. The summed E-state index contributed by atoms with van der Waals surface area (Å²) < 4.78 is 62.9. The van der Waals surface area contributed by atoms with Gasteiger partial charge in [0.25, 0.3) is 0 Å². The van der Waals surface area contributed by atoms with E-state index in [9.17, 15) is 26.4 Å². The van der Waals surface area contributed by atoms with Crippen molar-refractivity contribution in [3.05, 3.63) is 47.5 Å². The molecule has 0 radical (unpaired) electrons. The molecule has 0 aromatic carbocycles. The molecule has 0 spiro atoms. The summed E-state index contributed by atoms with van der Waals surface area (Å²) in [5, 5.41) is 2.67. The molecule has 0 aliphatic heterocycles. The van der Waals surface area contributed by atoms with E-state index in [0.29, 0.717) is 0 Å². The predicted molar refractivity (Wildman–Crippen MR) is 88.8 cm³/mol. The highest BCUT2D eigenvalue weighted by molar-refractivity contribution is 7.91. The second kappa shape index (κ2) is 7.40. The van der Waals surface area contributed by atoms with Crippen molar-refractivity contribution in [1.82, 2.24) is 9.97 Å². The van der Waals surface area contributed by atoms with Crippen molar-refractivity contribution in [2.24, 2.45) is 0 Å². The van der Waals surface area contributed by atoms with E-state index in [2.05, 4.69) is 15.3 Å². The van der Waals surface area contributed by atoms with Gasteiger partial charge in [0.05, 0.1) is 22.5 Å². The molecule has 140 valence electrons. The highest BCUT2D eigenvalue weighted by Crippen LogP contribution is 2.30. The number of pyridine rings is 2. The number of aromatic nitrogens is 2. The molecule has 10 heteroatoms. The van der Waals surface area contributed by atoms with Gasteiger partial charge < -0.3 is 5.32 Å². The van der Waals surface area contributed by atoms with E-state index in [1.54, 1.807) is 0 Å². The number of Topliss-reactive ketones (excluding diaryl/α,β-unsaturated/α-hetero) is 1. The summed E-state index contributed by atoms with van der Waals surface area (Å²) >= 11 is 0. The molecule has 0 saturated heterocycles. The fourth-order valence-corrected chi connectivity index (χ4v) is 3.34. The first-order valence-electron chi connectivity index (χ1n) is 7.55. The van der Waals surface area contributed by atoms with Gasteiger partial charge in [0.15, 0.2) is 15.6 Å². The average Bonchev–Trinajstić information content (AvgIpc) is 2.60. The summed E-state index contributed by atoms with van der Waals surface area (Å²) in [5.74, 6) is -0.928. The molecule has 0 bridgehead atoms. The molecule has 6 nitrogen and oxygen atoms in total. The van der Waals surface area contributed by atoms with Gasteiger partial charge in [-0.05, 0) is 23.8 Å². The zero-order chi connectivity index (χ0) is 19.5. The lowest BCUT2D eigenvalue weighted by Crippen LogP contribution is -2.16. The molecular formula is C16H16F3N3O3S. The SMILES string of the molecule is CCS(=O)(=O)c1cccnc1C(=O)Cc1cc(C(F)(F)F)ncc1NC. The highest BCUT2D eigenvalue weighted by Gasteiger charge is 2.33. The van der Waals surface area contributed by atoms with Crippen molar-refractivity contribution in [3.8, 4) is 0 Å². The Morgan fingerprint density at radius 3 is 2.54 bits per heavy atom. The minimum Gasteiger partial charge on any atom is -0.387 e. The number of carbonyl (C=O) groups is 1. The number of rotatable bonds is 6. The number of hydrogen-bond donors (Lipinski definition) is 1. The first-order chi connectivity index (χ1) is 12.1. The Kier molecular flexibility index (Phi) is 5.65. The van der Waals surface area contributed by atoms with E-state index < -0.39 is 33.9 Å². The Morgan fingerprint density at radius 1 is 1.27 bits per heavy atom. The van der Waals surface area contributed by atoms with E-state index >= 15 is 0 Å². The molecular weight excluding hydrogens is 371 g/mol. The third kappa shape index (κ3) is 4.18. The summed E-state index contributed by atoms with van der Waals surface area (Å²) in [6.07, 6.45) is -2.88. The number of alkyl halides is 3. The third-order valence-corrected chi connectivity index (χ3v) is 5.41. The average molecular weight is 387 g/mol. The summed E-state index contributed by atoms with van der Waals surface area (Å²) in [7, 11) is -2.23. The number of sulfone groups is 1. The maximum absolute atomic E-state index is 12.9. The minimum absolute atomic E-state index is 0.0466. The van der Waals surface area contributed by atoms with Crippen molar-refractivity contribution >= 4 is 21.3 Å². The van der Waals surface area contributed by atoms with Crippen LogP contribution in [0.1, 0.15) is 28.7 Å². The maximum Gasteiger partial charge on any atom is 0.433 e. The van der Waals surface area contributed by atoms with E-state index in [0.717, 1.165) is 12.3 Å². The van der Waals surface area contributed by atoms with Crippen LogP contribution in [0, 0.1) is 0 Å². The molecule has 2 aromatic heterocycles. The van der Waals surface area contributed by atoms with Gasteiger partial charge in [0.2, 0.25) is 0 Å². The van der Waals surface area contributed by atoms with E-state index in [-0.39, 0.29) is 27.6 Å². The Labute approximate surface area is 148 Å². The Hall–Kier alpha value is -2.49. The summed E-state index contributed by atoms with van der Waals surface area (Å²) in [6.45, 7) is 1.42. The molecule has 0 unspecified atom stereocenters. The fourth-order valence-electron chi connectivity index (χ4n) is 2.29. The lowest BCUT2D eigenvalue weighted by atomic mass is 10.0. The van der Waals surface area contributed by atoms with Crippen LogP contribution >= 0.6 is 0 Å².